The molecule has 0 saturated carbocycles. The van der Waals surface area contributed by atoms with E-state index in [1.54, 1.807) is 42.5 Å². The maximum Gasteiger partial charge on any atom is 0.419 e. The van der Waals surface area contributed by atoms with Crippen molar-refractivity contribution in [1.29, 1.82) is 0 Å². The van der Waals surface area contributed by atoms with Gasteiger partial charge >= 0.3 is 6.09 Å². The molecule has 2 aromatic carbocycles. The Labute approximate surface area is 204 Å². The molecule has 2 amide bonds. The van der Waals surface area contributed by atoms with E-state index in [-0.39, 0.29) is 23.4 Å². The SMILES string of the molecule is C=C(/C=C1\C(=C)N(C(C)=O)C(C)CN1C(=O)Oc1ccc(Cl)cc1)c1ccc(S(C)(=O)=O)cc1. The second-order valence-corrected chi connectivity index (χ2v) is 10.4. The largest absolute Gasteiger partial charge is 0.419 e. The molecule has 0 aliphatic carbocycles. The third-order valence-corrected chi connectivity index (χ3v) is 6.69. The Morgan fingerprint density at radius 2 is 1.71 bits per heavy atom. The van der Waals surface area contributed by atoms with Crippen LogP contribution < -0.4 is 4.74 Å². The molecule has 1 aliphatic heterocycles. The standard InChI is InChI=1S/C25H25ClN2O5S/c1-16(20-6-12-23(13-7-20)34(5,31)32)14-24-18(3)28(19(4)29)17(2)15-27(24)25(30)33-22-10-8-21(26)9-11-22/h6-14,17H,1,3,15H2,2,4-5H3/b24-14+. The zero-order valence-corrected chi connectivity index (χ0v) is 20.7. The van der Waals surface area contributed by atoms with Gasteiger partial charge in [-0.2, -0.15) is 0 Å². The minimum absolute atomic E-state index is 0.178. The molecule has 178 valence electrons. The van der Waals surface area contributed by atoms with Crippen LogP contribution >= 0.6 is 11.6 Å². The highest BCUT2D eigenvalue weighted by Gasteiger charge is 2.36. The van der Waals surface area contributed by atoms with Gasteiger partial charge in [-0.15, -0.1) is 0 Å². The normalized spacial score (nSPS) is 17.6. The van der Waals surface area contributed by atoms with Crippen LogP contribution in [0.25, 0.3) is 5.57 Å². The molecule has 1 fully saturated rings. The second kappa shape index (κ2) is 9.87. The van der Waals surface area contributed by atoms with Crippen LogP contribution in [0, 0.1) is 0 Å². The van der Waals surface area contributed by atoms with Crippen molar-refractivity contribution in [3.8, 4) is 5.75 Å². The van der Waals surface area contributed by atoms with Crippen molar-refractivity contribution in [3.05, 3.63) is 89.7 Å². The van der Waals surface area contributed by atoms with Gasteiger partial charge in [0.1, 0.15) is 5.75 Å². The van der Waals surface area contributed by atoms with E-state index in [1.165, 1.54) is 28.9 Å². The fraction of sp³-hybridized carbons (Fsp3) is 0.200. The first-order chi connectivity index (χ1) is 15.9. The van der Waals surface area contributed by atoms with Gasteiger partial charge in [0.05, 0.1) is 22.3 Å². The minimum atomic E-state index is -3.34. The first-order valence-corrected chi connectivity index (χ1v) is 12.6. The molecule has 9 heteroatoms. The Morgan fingerprint density at radius 3 is 2.24 bits per heavy atom. The number of allylic oxidation sites excluding steroid dienone is 2. The fourth-order valence-electron chi connectivity index (χ4n) is 3.65. The highest BCUT2D eigenvalue weighted by molar-refractivity contribution is 7.90. The molecule has 0 bridgehead atoms. The third-order valence-electron chi connectivity index (χ3n) is 5.31. The summed E-state index contributed by atoms with van der Waals surface area (Å²) in [5, 5.41) is 0.510. The topological polar surface area (TPSA) is 84.0 Å². The zero-order valence-electron chi connectivity index (χ0n) is 19.1. The van der Waals surface area contributed by atoms with Gasteiger partial charge in [0.25, 0.3) is 0 Å². The van der Waals surface area contributed by atoms with Crippen LogP contribution in [0.1, 0.15) is 19.4 Å². The molecule has 1 unspecified atom stereocenters. The van der Waals surface area contributed by atoms with Crippen molar-refractivity contribution in [3.63, 3.8) is 0 Å². The van der Waals surface area contributed by atoms with E-state index in [0.29, 0.717) is 33.3 Å². The van der Waals surface area contributed by atoms with Gasteiger partial charge in [-0.3, -0.25) is 9.69 Å². The number of hydrogen-bond acceptors (Lipinski definition) is 5. The molecule has 0 N–H and O–H groups in total. The minimum Gasteiger partial charge on any atom is -0.410 e. The lowest BCUT2D eigenvalue weighted by Gasteiger charge is -2.42. The predicted octanol–water partition coefficient (Wildman–Crippen LogP) is 4.91. The van der Waals surface area contributed by atoms with Crippen LogP contribution in [-0.2, 0) is 14.6 Å². The van der Waals surface area contributed by atoms with E-state index >= 15 is 0 Å². The van der Waals surface area contributed by atoms with Crippen molar-refractivity contribution in [2.24, 2.45) is 0 Å². The second-order valence-electron chi connectivity index (χ2n) is 7.97. The average molecular weight is 501 g/mol. The molecule has 1 heterocycles. The summed E-state index contributed by atoms with van der Waals surface area (Å²) in [5.74, 6) is 0.105. The van der Waals surface area contributed by atoms with Gasteiger partial charge in [0.2, 0.25) is 5.91 Å². The number of benzene rings is 2. The highest BCUT2D eigenvalue weighted by atomic mass is 35.5. The summed E-state index contributed by atoms with van der Waals surface area (Å²) in [6, 6.07) is 12.3. The lowest BCUT2D eigenvalue weighted by molar-refractivity contribution is -0.129. The van der Waals surface area contributed by atoms with Gasteiger partial charge in [-0.25, -0.2) is 13.2 Å². The van der Waals surface area contributed by atoms with Gasteiger partial charge in [0, 0.05) is 24.7 Å². The summed E-state index contributed by atoms with van der Waals surface area (Å²) in [4.78, 5) is 28.5. The lowest BCUT2D eigenvalue weighted by Crippen LogP contribution is -2.52. The molecule has 1 atom stereocenters. The van der Waals surface area contributed by atoms with Gasteiger partial charge in [-0.05, 0) is 60.5 Å². The first kappa shape index (κ1) is 25.3. The van der Waals surface area contributed by atoms with Crippen molar-refractivity contribution >= 4 is 39.0 Å². The maximum atomic E-state index is 13.1. The molecular formula is C25H25ClN2O5S. The van der Waals surface area contributed by atoms with E-state index < -0.39 is 15.9 Å². The number of carbonyl (C=O) groups is 2. The summed E-state index contributed by atoms with van der Waals surface area (Å²) in [5.41, 5.74) is 1.82. The van der Waals surface area contributed by atoms with Crippen molar-refractivity contribution in [2.45, 2.75) is 24.8 Å². The van der Waals surface area contributed by atoms with Gasteiger partial charge in [0.15, 0.2) is 9.84 Å². The van der Waals surface area contributed by atoms with Crippen molar-refractivity contribution < 1.29 is 22.7 Å². The fourth-order valence-corrected chi connectivity index (χ4v) is 4.40. The van der Waals surface area contributed by atoms with Crippen LogP contribution in [0.5, 0.6) is 5.75 Å². The van der Waals surface area contributed by atoms with Crippen LogP contribution in [0.2, 0.25) is 5.02 Å². The van der Waals surface area contributed by atoms with E-state index in [2.05, 4.69) is 13.2 Å². The molecular weight excluding hydrogens is 476 g/mol. The Balaban J connectivity index is 1.96. The predicted molar refractivity (Wildman–Crippen MR) is 132 cm³/mol. The van der Waals surface area contributed by atoms with Crippen LogP contribution in [0.3, 0.4) is 0 Å². The molecule has 7 nitrogen and oxygen atoms in total. The first-order valence-electron chi connectivity index (χ1n) is 10.3. The summed E-state index contributed by atoms with van der Waals surface area (Å²) in [6.45, 7) is 11.5. The number of sulfone groups is 1. The summed E-state index contributed by atoms with van der Waals surface area (Å²) in [7, 11) is -3.34. The maximum absolute atomic E-state index is 13.1. The summed E-state index contributed by atoms with van der Waals surface area (Å²) in [6.07, 6.45) is 2.11. The van der Waals surface area contributed by atoms with E-state index in [9.17, 15) is 18.0 Å². The summed E-state index contributed by atoms with van der Waals surface area (Å²) < 4.78 is 29.0. The lowest BCUT2D eigenvalue weighted by atomic mass is 10.0. The Morgan fingerprint density at radius 1 is 1.12 bits per heavy atom. The molecule has 34 heavy (non-hydrogen) atoms. The van der Waals surface area contributed by atoms with Gasteiger partial charge in [-0.1, -0.05) is 36.9 Å². The Hall–Kier alpha value is -3.36. The van der Waals surface area contributed by atoms with Crippen molar-refractivity contribution in [2.75, 3.05) is 12.8 Å². The number of carbonyl (C=O) groups excluding carboxylic acids is 2. The zero-order chi connectivity index (χ0) is 25.2. The van der Waals surface area contributed by atoms with E-state index in [4.69, 9.17) is 16.3 Å². The van der Waals surface area contributed by atoms with Crippen molar-refractivity contribution in [1.82, 2.24) is 9.80 Å². The molecule has 1 aliphatic rings. The number of piperazine rings is 1. The molecule has 0 radical (unpaired) electrons. The molecule has 1 saturated heterocycles. The number of amides is 2. The molecule has 2 aromatic rings. The Bertz CT molecular complexity index is 1280. The van der Waals surface area contributed by atoms with Crippen LogP contribution in [0.4, 0.5) is 4.79 Å². The smallest absolute Gasteiger partial charge is 0.410 e. The Kier molecular flexibility index (Phi) is 7.33. The number of nitrogens with zero attached hydrogens (tertiary/aromatic N) is 2. The van der Waals surface area contributed by atoms with E-state index in [1.807, 2.05) is 6.92 Å². The molecule has 3 rings (SSSR count). The van der Waals surface area contributed by atoms with E-state index in [0.717, 1.165) is 6.26 Å². The molecule has 0 aromatic heterocycles. The number of hydrogen-bond donors (Lipinski definition) is 0. The van der Waals surface area contributed by atoms with Crippen LogP contribution in [-0.4, -0.2) is 49.1 Å². The quantitative estimate of drug-likeness (QED) is 0.595. The highest BCUT2D eigenvalue weighted by Crippen LogP contribution is 2.31. The third kappa shape index (κ3) is 5.58. The monoisotopic (exact) mass is 500 g/mol. The van der Waals surface area contributed by atoms with Gasteiger partial charge < -0.3 is 9.64 Å². The number of rotatable bonds is 4. The number of halogens is 1. The number of ether oxygens (including phenoxy) is 1. The summed E-state index contributed by atoms with van der Waals surface area (Å²) >= 11 is 5.90. The molecule has 0 spiro atoms. The van der Waals surface area contributed by atoms with Crippen LogP contribution in [0.15, 0.2) is 84.1 Å². The average Bonchev–Trinajstić information content (AvgIpc) is 2.76.